The molecule has 0 saturated carbocycles. The van der Waals surface area contributed by atoms with Gasteiger partial charge in [-0.1, -0.05) is 0 Å². The molecule has 1 aromatic carbocycles. The summed E-state index contributed by atoms with van der Waals surface area (Å²) in [5.74, 6) is -0.287. The highest BCUT2D eigenvalue weighted by Gasteiger charge is 2.24. The Hall–Kier alpha value is -2.43. The Morgan fingerprint density at radius 1 is 1.29 bits per heavy atom. The van der Waals surface area contributed by atoms with Gasteiger partial charge in [-0.05, 0) is 24.3 Å². The SMILES string of the molecule is CS(=O)(=O)c1nc2c(c(=O)[nH]1)CN(Cc1cnc(-c3ccc(F)cc3)s1)CC2. The fourth-order valence-electron chi connectivity index (χ4n) is 3.10. The highest BCUT2D eigenvalue weighted by molar-refractivity contribution is 7.90. The second-order valence-electron chi connectivity index (χ2n) is 6.67. The fourth-order valence-corrected chi connectivity index (χ4v) is 4.61. The summed E-state index contributed by atoms with van der Waals surface area (Å²) in [6.45, 7) is 1.67. The third-order valence-corrected chi connectivity index (χ3v) is 6.43. The predicted molar refractivity (Wildman–Crippen MR) is 103 cm³/mol. The number of aromatic nitrogens is 3. The van der Waals surface area contributed by atoms with Gasteiger partial charge in [-0.15, -0.1) is 11.3 Å². The third kappa shape index (κ3) is 3.89. The van der Waals surface area contributed by atoms with Crippen molar-refractivity contribution in [2.45, 2.75) is 24.7 Å². The number of rotatable bonds is 4. The van der Waals surface area contributed by atoms with Crippen molar-refractivity contribution in [2.24, 2.45) is 0 Å². The van der Waals surface area contributed by atoms with Crippen LogP contribution in [0, 0.1) is 5.82 Å². The summed E-state index contributed by atoms with van der Waals surface area (Å²) in [5, 5.41) is 0.529. The van der Waals surface area contributed by atoms with Crippen LogP contribution in [0.1, 0.15) is 16.1 Å². The molecule has 28 heavy (non-hydrogen) atoms. The molecule has 146 valence electrons. The maximum absolute atomic E-state index is 13.1. The molecule has 10 heteroatoms. The lowest BCUT2D eigenvalue weighted by Crippen LogP contribution is -2.35. The number of aromatic amines is 1. The number of nitrogens with zero attached hydrogens (tertiary/aromatic N) is 3. The average molecular weight is 420 g/mol. The maximum Gasteiger partial charge on any atom is 0.256 e. The van der Waals surface area contributed by atoms with Crippen LogP contribution in [-0.4, -0.2) is 41.1 Å². The minimum Gasteiger partial charge on any atom is -0.297 e. The molecule has 1 aliphatic heterocycles. The Labute approximate surface area is 164 Å². The van der Waals surface area contributed by atoms with Gasteiger partial charge in [0.25, 0.3) is 5.56 Å². The van der Waals surface area contributed by atoms with E-state index in [1.54, 1.807) is 18.3 Å². The molecule has 2 aromatic heterocycles. The molecule has 0 aliphatic carbocycles. The smallest absolute Gasteiger partial charge is 0.256 e. The van der Waals surface area contributed by atoms with Crippen molar-refractivity contribution < 1.29 is 12.8 Å². The first-order valence-electron chi connectivity index (χ1n) is 8.55. The van der Waals surface area contributed by atoms with Crippen LogP contribution in [0.3, 0.4) is 0 Å². The molecule has 0 amide bonds. The lowest BCUT2D eigenvalue weighted by molar-refractivity contribution is 0.243. The molecule has 0 atom stereocenters. The van der Waals surface area contributed by atoms with E-state index in [1.807, 2.05) is 0 Å². The Kier molecular flexibility index (Phi) is 4.86. The van der Waals surface area contributed by atoms with E-state index >= 15 is 0 Å². The topological polar surface area (TPSA) is 96.0 Å². The van der Waals surface area contributed by atoms with Gasteiger partial charge in [0.2, 0.25) is 15.0 Å². The normalized spacial score (nSPS) is 14.8. The van der Waals surface area contributed by atoms with Crippen LogP contribution < -0.4 is 5.56 Å². The zero-order valence-corrected chi connectivity index (χ0v) is 16.6. The molecule has 0 saturated heterocycles. The lowest BCUT2D eigenvalue weighted by atomic mass is 10.1. The zero-order chi connectivity index (χ0) is 19.9. The summed E-state index contributed by atoms with van der Waals surface area (Å²) >= 11 is 1.52. The van der Waals surface area contributed by atoms with E-state index < -0.39 is 15.4 Å². The van der Waals surface area contributed by atoms with Gasteiger partial charge in [-0.2, -0.15) is 0 Å². The van der Waals surface area contributed by atoms with Crippen molar-refractivity contribution in [3.05, 3.63) is 62.8 Å². The van der Waals surface area contributed by atoms with E-state index in [1.165, 1.54) is 23.5 Å². The number of H-pyrrole nitrogens is 1. The van der Waals surface area contributed by atoms with Crippen LogP contribution in [-0.2, 0) is 29.3 Å². The molecule has 0 spiro atoms. The molecular formula is C18H17FN4O3S2. The second kappa shape index (κ2) is 7.19. The lowest BCUT2D eigenvalue weighted by Gasteiger charge is -2.26. The molecule has 0 radical (unpaired) electrons. The summed E-state index contributed by atoms with van der Waals surface area (Å²) in [7, 11) is -3.56. The number of fused-ring (bicyclic) bond motifs is 1. The van der Waals surface area contributed by atoms with Gasteiger partial charge in [0, 0.05) is 48.9 Å². The van der Waals surface area contributed by atoms with Gasteiger partial charge < -0.3 is 0 Å². The molecule has 4 rings (SSSR count). The summed E-state index contributed by atoms with van der Waals surface area (Å²) in [6, 6.07) is 6.20. The minimum atomic E-state index is -3.56. The number of nitrogens with one attached hydrogen (secondary N) is 1. The van der Waals surface area contributed by atoms with Gasteiger partial charge in [0.1, 0.15) is 10.8 Å². The molecule has 1 N–H and O–H groups in total. The second-order valence-corrected chi connectivity index (χ2v) is 9.71. The number of benzene rings is 1. The Morgan fingerprint density at radius 2 is 2.04 bits per heavy atom. The number of halogens is 1. The predicted octanol–water partition coefficient (Wildman–Crippen LogP) is 1.99. The number of thiazole rings is 1. The Morgan fingerprint density at radius 3 is 2.75 bits per heavy atom. The molecule has 0 fully saturated rings. The zero-order valence-electron chi connectivity index (χ0n) is 15.0. The van der Waals surface area contributed by atoms with Crippen molar-refractivity contribution in [1.29, 1.82) is 0 Å². The average Bonchev–Trinajstić information content (AvgIpc) is 3.10. The van der Waals surface area contributed by atoms with Crippen LogP contribution in [0.4, 0.5) is 4.39 Å². The van der Waals surface area contributed by atoms with E-state index in [-0.39, 0.29) is 11.0 Å². The standard InChI is InChI=1S/C18H17FN4O3S2/c1-28(25,26)18-21-15-6-7-23(10-14(15)16(24)22-18)9-13-8-20-17(27-13)11-2-4-12(19)5-3-11/h2-5,8H,6-7,9-10H2,1H3,(H,21,22,24). The van der Waals surface area contributed by atoms with E-state index in [0.717, 1.165) is 21.7 Å². The fraction of sp³-hybridized carbons (Fsp3) is 0.278. The van der Waals surface area contributed by atoms with Crippen molar-refractivity contribution in [3.8, 4) is 10.6 Å². The first kappa shape index (κ1) is 18.9. The molecule has 7 nitrogen and oxygen atoms in total. The van der Waals surface area contributed by atoms with Crippen LogP contribution in [0.25, 0.3) is 10.6 Å². The van der Waals surface area contributed by atoms with Gasteiger partial charge in [-0.25, -0.2) is 22.8 Å². The van der Waals surface area contributed by atoms with E-state index in [0.29, 0.717) is 37.3 Å². The molecule has 0 unspecified atom stereocenters. The highest BCUT2D eigenvalue weighted by Crippen LogP contribution is 2.27. The summed E-state index contributed by atoms with van der Waals surface area (Å²) in [4.78, 5) is 26.3. The van der Waals surface area contributed by atoms with Crippen LogP contribution in [0.5, 0.6) is 0 Å². The van der Waals surface area contributed by atoms with Gasteiger partial charge in [0.15, 0.2) is 0 Å². The summed E-state index contributed by atoms with van der Waals surface area (Å²) < 4.78 is 36.4. The van der Waals surface area contributed by atoms with E-state index in [2.05, 4.69) is 19.9 Å². The van der Waals surface area contributed by atoms with Crippen molar-refractivity contribution >= 4 is 21.2 Å². The molecule has 0 bridgehead atoms. The Bertz CT molecular complexity index is 1190. The molecular weight excluding hydrogens is 403 g/mol. The first-order chi connectivity index (χ1) is 13.3. The number of hydrogen-bond acceptors (Lipinski definition) is 7. The summed E-state index contributed by atoms with van der Waals surface area (Å²) in [5.41, 5.74) is 1.49. The van der Waals surface area contributed by atoms with Gasteiger partial charge in [-0.3, -0.25) is 14.7 Å². The van der Waals surface area contributed by atoms with Gasteiger partial charge in [0.05, 0.1) is 11.3 Å². The van der Waals surface area contributed by atoms with Crippen LogP contribution in [0.15, 0.2) is 40.4 Å². The van der Waals surface area contributed by atoms with Crippen LogP contribution in [0.2, 0.25) is 0 Å². The van der Waals surface area contributed by atoms with E-state index in [9.17, 15) is 17.6 Å². The molecule has 3 heterocycles. The van der Waals surface area contributed by atoms with Crippen LogP contribution >= 0.6 is 11.3 Å². The third-order valence-electron chi connectivity index (χ3n) is 4.50. The molecule has 3 aromatic rings. The van der Waals surface area contributed by atoms with Gasteiger partial charge >= 0.3 is 0 Å². The number of hydrogen-bond donors (Lipinski definition) is 1. The largest absolute Gasteiger partial charge is 0.297 e. The maximum atomic E-state index is 13.1. The van der Waals surface area contributed by atoms with Crippen molar-refractivity contribution in [1.82, 2.24) is 19.9 Å². The summed E-state index contributed by atoms with van der Waals surface area (Å²) in [6.07, 6.45) is 3.31. The first-order valence-corrected chi connectivity index (χ1v) is 11.3. The van der Waals surface area contributed by atoms with Crippen molar-refractivity contribution in [2.75, 3.05) is 12.8 Å². The monoisotopic (exact) mass is 420 g/mol. The molecule has 1 aliphatic rings. The number of sulfone groups is 1. The minimum absolute atomic E-state index is 0.281. The van der Waals surface area contributed by atoms with Crippen molar-refractivity contribution in [3.63, 3.8) is 0 Å². The van der Waals surface area contributed by atoms with E-state index in [4.69, 9.17) is 0 Å². The quantitative estimate of drug-likeness (QED) is 0.649. The Balaban J connectivity index is 1.51. The highest BCUT2D eigenvalue weighted by atomic mass is 32.2.